The van der Waals surface area contributed by atoms with E-state index in [9.17, 15) is 0 Å². The topological polar surface area (TPSA) is 24.9 Å². The van der Waals surface area contributed by atoms with E-state index < -0.39 is 0 Å². The molecule has 2 saturated carbocycles. The van der Waals surface area contributed by atoms with Crippen LogP contribution in [0.3, 0.4) is 0 Å². The van der Waals surface area contributed by atoms with E-state index in [2.05, 4.69) is 35.4 Å². The largest absolute Gasteiger partial charge is 0.361 e. The highest BCUT2D eigenvalue weighted by Crippen LogP contribution is 2.61. The van der Waals surface area contributed by atoms with E-state index in [1.54, 1.807) is 11.3 Å². The lowest BCUT2D eigenvalue weighted by Crippen LogP contribution is -2.17. The van der Waals surface area contributed by atoms with E-state index in [4.69, 9.17) is 0 Å². The number of hydrogen-bond acceptors (Lipinski definition) is 3. The van der Waals surface area contributed by atoms with Crippen LogP contribution in [-0.2, 0) is 0 Å². The van der Waals surface area contributed by atoms with Gasteiger partial charge in [0.25, 0.3) is 0 Å². The summed E-state index contributed by atoms with van der Waals surface area (Å²) < 4.78 is 1.30. The molecule has 0 spiro atoms. The Morgan fingerprint density at radius 2 is 2.22 bits per heavy atom. The predicted molar refractivity (Wildman–Crippen MR) is 77.2 cm³/mol. The first-order valence-electron chi connectivity index (χ1n) is 6.86. The maximum atomic E-state index is 4.67. The van der Waals surface area contributed by atoms with Gasteiger partial charge in [0.05, 0.1) is 10.2 Å². The van der Waals surface area contributed by atoms with Crippen LogP contribution in [0.1, 0.15) is 31.2 Å². The molecule has 2 aliphatic carbocycles. The fourth-order valence-corrected chi connectivity index (χ4v) is 3.90. The van der Waals surface area contributed by atoms with E-state index in [0.29, 0.717) is 5.41 Å². The zero-order valence-electron chi connectivity index (χ0n) is 10.7. The molecule has 2 aliphatic rings. The minimum atomic E-state index is 0.647. The van der Waals surface area contributed by atoms with Crippen LogP contribution in [0.5, 0.6) is 0 Å². The average molecular weight is 258 g/mol. The zero-order valence-corrected chi connectivity index (χ0v) is 11.5. The number of thiazole rings is 1. The van der Waals surface area contributed by atoms with Gasteiger partial charge in [-0.2, -0.15) is 0 Å². The van der Waals surface area contributed by atoms with Crippen molar-refractivity contribution in [1.82, 2.24) is 4.98 Å². The summed E-state index contributed by atoms with van der Waals surface area (Å²) in [7, 11) is 0. The van der Waals surface area contributed by atoms with Crippen LogP contribution >= 0.6 is 11.3 Å². The van der Waals surface area contributed by atoms with Crippen LogP contribution in [0.2, 0.25) is 0 Å². The third kappa shape index (κ3) is 1.81. The number of aryl methyl sites for hydroxylation is 1. The van der Waals surface area contributed by atoms with Gasteiger partial charge in [0.2, 0.25) is 0 Å². The highest BCUT2D eigenvalue weighted by atomic mass is 32.1. The fourth-order valence-electron chi connectivity index (χ4n) is 2.94. The molecule has 94 valence electrons. The van der Waals surface area contributed by atoms with Crippen LogP contribution in [0, 0.1) is 18.3 Å². The molecule has 0 atom stereocenters. The Kier molecular flexibility index (Phi) is 2.22. The van der Waals surface area contributed by atoms with E-state index >= 15 is 0 Å². The van der Waals surface area contributed by atoms with Crippen LogP contribution < -0.4 is 5.32 Å². The quantitative estimate of drug-likeness (QED) is 0.888. The minimum absolute atomic E-state index is 0.647. The molecule has 2 aromatic rings. The molecule has 1 aromatic carbocycles. The number of benzene rings is 1. The van der Waals surface area contributed by atoms with Crippen molar-refractivity contribution < 1.29 is 0 Å². The van der Waals surface area contributed by atoms with Crippen molar-refractivity contribution in [3.8, 4) is 0 Å². The first-order chi connectivity index (χ1) is 8.75. The summed E-state index contributed by atoms with van der Waals surface area (Å²) >= 11 is 1.79. The van der Waals surface area contributed by atoms with Crippen molar-refractivity contribution in [1.29, 1.82) is 0 Å². The van der Waals surface area contributed by atoms with Gasteiger partial charge in [0.1, 0.15) is 0 Å². The van der Waals surface area contributed by atoms with Crippen LogP contribution in [-0.4, -0.2) is 11.5 Å². The summed E-state index contributed by atoms with van der Waals surface area (Å²) in [5.74, 6) is 1.02. The van der Waals surface area contributed by atoms with Crippen molar-refractivity contribution in [2.45, 2.75) is 32.6 Å². The van der Waals surface area contributed by atoms with Gasteiger partial charge < -0.3 is 5.32 Å². The Bertz CT molecular complexity index is 594. The normalized spacial score (nSPS) is 21.2. The molecule has 0 saturated heterocycles. The third-order valence-electron chi connectivity index (χ3n) is 4.47. The summed E-state index contributed by atoms with van der Waals surface area (Å²) in [6.45, 7) is 3.27. The molecule has 0 radical (unpaired) electrons. The summed E-state index contributed by atoms with van der Waals surface area (Å²) in [4.78, 5) is 4.67. The predicted octanol–water partition coefficient (Wildman–Crippen LogP) is 4.21. The molecule has 4 rings (SSSR count). The van der Waals surface area contributed by atoms with Crippen molar-refractivity contribution in [3.63, 3.8) is 0 Å². The van der Waals surface area contributed by atoms with E-state index in [1.807, 2.05) is 0 Å². The monoisotopic (exact) mass is 258 g/mol. The van der Waals surface area contributed by atoms with Crippen molar-refractivity contribution in [2.24, 2.45) is 11.3 Å². The number of nitrogens with zero attached hydrogens (tertiary/aromatic N) is 1. The zero-order chi connectivity index (χ0) is 12.2. The van der Waals surface area contributed by atoms with Gasteiger partial charge in [0.15, 0.2) is 5.13 Å². The smallest absolute Gasteiger partial charge is 0.183 e. The SMILES string of the molecule is Cc1ccc2nc(NCC3(C4CC4)CC3)sc2c1. The lowest BCUT2D eigenvalue weighted by Gasteiger charge is -2.13. The van der Waals surface area contributed by atoms with Gasteiger partial charge in [-0.05, 0) is 61.6 Å². The highest BCUT2D eigenvalue weighted by molar-refractivity contribution is 7.22. The lowest BCUT2D eigenvalue weighted by atomic mass is 10.0. The fraction of sp³-hybridized carbons (Fsp3) is 0.533. The molecule has 2 fully saturated rings. The Labute approximate surface area is 111 Å². The van der Waals surface area contributed by atoms with Gasteiger partial charge in [-0.25, -0.2) is 4.98 Å². The Morgan fingerprint density at radius 3 is 2.94 bits per heavy atom. The van der Waals surface area contributed by atoms with Crippen LogP contribution in [0.15, 0.2) is 18.2 Å². The molecule has 18 heavy (non-hydrogen) atoms. The second-order valence-corrected chi connectivity index (χ2v) is 7.01. The summed E-state index contributed by atoms with van der Waals surface area (Å²) in [6, 6.07) is 6.49. The molecule has 0 aliphatic heterocycles. The first-order valence-corrected chi connectivity index (χ1v) is 7.68. The number of fused-ring (bicyclic) bond motifs is 1. The molecule has 1 aromatic heterocycles. The average Bonchev–Trinajstić information content (AvgIpc) is 3.22. The number of hydrogen-bond donors (Lipinski definition) is 1. The second-order valence-electron chi connectivity index (χ2n) is 5.98. The molecular weight excluding hydrogens is 240 g/mol. The summed E-state index contributed by atoms with van der Waals surface area (Å²) in [5, 5.41) is 4.68. The maximum Gasteiger partial charge on any atom is 0.183 e. The lowest BCUT2D eigenvalue weighted by molar-refractivity contribution is 0.467. The van der Waals surface area contributed by atoms with Gasteiger partial charge in [-0.15, -0.1) is 0 Å². The molecular formula is C15H18N2S. The Hall–Kier alpha value is -1.09. The highest BCUT2D eigenvalue weighted by Gasteiger charge is 2.53. The molecule has 0 amide bonds. The van der Waals surface area contributed by atoms with Crippen molar-refractivity contribution >= 4 is 26.7 Å². The number of aromatic nitrogens is 1. The number of anilines is 1. The first kappa shape index (κ1) is 10.8. The van der Waals surface area contributed by atoms with E-state index in [-0.39, 0.29) is 0 Å². The second kappa shape index (κ2) is 3.70. The Morgan fingerprint density at radius 1 is 1.39 bits per heavy atom. The summed E-state index contributed by atoms with van der Waals surface area (Å²) in [5.41, 5.74) is 3.09. The standard InChI is InChI=1S/C15H18N2S/c1-10-2-5-12-13(8-10)18-14(17-12)16-9-15(6-7-15)11-3-4-11/h2,5,8,11H,3-4,6-7,9H2,1H3,(H,16,17). The molecule has 1 heterocycles. The van der Waals surface area contributed by atoms with Crippen LogP contribution in [0.4, 0.5) is 5.13 Å². The minimum Gasteiger partial charge on any atom is -0.361 e. The van der Waals surface area contributed by atoms with Crippen molar-refractivity contribution in [2.75, 3.05) is 11.9 Å². The third-order valence-corrected chi connectivity index (χ3v) is 5.45. The molecule has 0 bridgehead atoms. The Balaban J connectivity index is 1.52. The van der Waals surface area contributed by atoms with Gasteiger partial charge >= 0.3 is 0 Å². The van der Waals surface area contributed by atoms with Crippen LogP contribution in [0.25, 0.3) is 10.2 Å². The molecule has 1 N–H and O–H groups in total. The van der Waals surface area contributed by atoms with E-state index in [1.165, 1.54) is 35.9 Å². The van der Waals surface area contributed by atoms with Crippen molar-refractivity contribution in [3.05, 3.63) is 23.8 Å². The summed E-state index contributed by atoms with van der Waals surface area (Å²) in [6.07, 6.45) is 5.77. The number of nitrogens with one attached hydrogen (secondary N) is 1. The maximum absolute atomic E-state index is 4.67. The molecule has 3 heteroatoms. The van der Waals surface area contributed by atoms with Gasteiger partial charge in [-0.3, -0.25) is 0 Å². The number of rotatable bonds is 4. The van der Waals surface area contributed by atoms with Gasteiger partial charge in [-0.1, -0.05) is 17.4 Å². The molecule has 0 unspecified atom stereocenters. The van der Waals surface area contributed by atoms with Gasteiger partial charge in [0, 0.05) is 6.54 Å². The van der Waals surface area contributed by atoms with E-state index in [0.717, 1.165) is 23.1 Å². The molecule has 2 nitrogen and oxygen atoms in total.